The van der Waals surface area contributed by atoms with Gasteiger partial charge in [-0.3, -0.25) is 9.48 Å². The molecule has 8 heteroatoms. The van der Waals surface area contributed by atoms with Gasteiger partial charge in [0.1, 0.15) is 23.1 Å². The molecule has 1 aliphatic rings. The maximum absolute atomic E-state index is 12.8. The Morgan fingerprint density at radius 2 is 1.93 bits per heavy atom. The van der Waals surface area contributed by atoms with Crippen LogP contribution >= 0.6 is 0 Å². The number of methoxy groups -OCH3 is 1. The van der Waals surface area contributed by atoms with Crippen LogP contribution in [0.1, 0.15) is 16.1 Å². The molecule has 27 heavy (non-hydrogen) atoms. The van der Waals surface area contributed by atoms with Crippen molar-refractivity contribution in [2.24, 2.45) is 7.05 Å². The minimum Gasteiger partial charge on any atom is -0.497 e. The topological polar surface area (TPSA) is 76.4 Å². The molecule has 3 heterocycles. The monoisotopic (exact) mass is 366 g/mol. The number of fused-ring (bicyclic) bond motifs is 1. The maximum atomic E-state index is 12.8. The molecule has 1 aliphatic heterocycles. The summed E-state index contributed by atoms with van der Waals surface area (Å²) in [4.78, 5) is 25.7. The van der Waals surface area contributed by atoms with Crippen molar-refractivity contribution in [1.29, 1.82) is 0 Å². The second kappa shape index (κ2) is 6.86. The van der Waals surface area contributed by atoms with Gasteiger partial charge in [-0.2, -0.15) is 5.10 Å². The molecule has 0 saturated carbocycles. The molecule has 0 bridgehead atoms. The molecular weight excluding hydrogens is 344 g/mol. The first-order valence-corrected chi connectivity index (χ1v) is 8.91. The zero-order chi connectivity index (χ0) is 19.0. The number of aryl methyl sites for hydroxylation is 2. The summed E-state index contributed by atoms with van der Waals surface area (Å²) >= 11 is 0. The highest BCUT2D eigenvalue weighted by atomic mass is 16.5. The van der Waals surface area contributed by atoms with E-state index in [9.17, 15) is 4.79 Å². The van der Waals surface area contributed by atoms with E-state index in [-0.39, 0.29) is 5.91 Å². The van der Waals surface area contributed by atoms with Crippen LogP contribution in [0.5, 0.6) is 5.75 Å². The lowest BCUT2D eigenvalue weighted by Gasteiger charge is -2.35. The van der Waals surface area contributed by atoms with Crippen LogP contribution in [0.25, 0.3) is 11.0 Å². The summed E-state index contributed by atoms with van der Waals surface area (Å²) in [6.45, 7) is 4.65. The van der Waals surface area contributed by atoms with Gasteiger partial charge in [-0.25, -0.2) is 9.97 Å². The molecule has 1 saturated heterocycles. The average Bonchev–Trinajstić information content (AvgIpc) is 3.01. The van der Waals surface area contributed by atoms with Gasteiger partial charge in [0.2, 0.25) is 0 Å². The summed E-state index contributed by atoms with van der Waals surface area (Å²) in [5.41, 5.74) is 3.34. The molecule has 0 spiro atoms. The number of piperazine rings is 1. The molecule has 0 atom stereocenters. The molecule has 2 aromatic heterocycles. The first-order chi connectivity index (χ1) is 13.1. The summed E-state index contributed by atoms with van der Waals surface area (Å²) in [6, 6.07) is 7.28. The van der Waals surface area contributed by atoms with E-state index in [1.54, 1.807) is 19.5 Å². The van der Waals surface area contributed by atoms with E-state index in [0.717, 1.165) is 22.5 Å². The second-order valence-electron chi connectivity index (χ2n) is 6.61. The van der Waals surface area contributed by atoms with Gasteiger partial charge in [0.15, 0.2) is 5.82 Å². The normalized spacial score (nSPS) is 14.6. The van der Waals surface area contributed by atoms with E-state index in [1.165, 1.54) is 0 Å². The van der Waals surface area contributed by atoms with E-state index in [4.69, 9.17) is 4.74 Å². The third kappa shape index (κ3) is 3.07. The quantitative estimate of drug-likeness (QED) is 0.701. The summed E-state index contributed by atoms with van der Waals surface area (Å²) in [5.74, 6) is 1.59. The number of benzene rings is 1. The minimum absolute atomic E-state index is 0.0257. The third-order valence-electron chi connectivity index (χ3n) is 4.95. The van der Waals surface area contributed by atoms with Gasteiger partial charge in [0, 0.05) is 38.8 Å². The molecule has 0 N–H and O–H groups in total. The Bertz CT molecular complexity index is 991. The number of amides is 1. The first-order valence-electron chi connectivity index (χ1n) is 8.91. The number of rotatable bonds is 3. The van der Waals surface area contributed by atoms with E-state index in [1.807, 2.05) is 41.8 Å². The molecule has 4 rings (SSSR count). The lowest BCUT2D eigenvalue weighted by atomic mass is 10.1. The van der Waals surface area contributed by atoms with Crippen LogP contribution in [0.15, 0.2) is 30.6 Å². The number of nitrogens with zero attached hydrogens (tertiary/aromatic N) is 6. The van der Waals surface area contributed by atoms with Crippen LogP contribution in [0.3, 0.4) is 0 Å². The fourth-order valence-corrected chi connectivity index (χ4v) is 3.55. The number of hydrogen-bond donors (Lipinski definition) is 0. The molecule has 0 unspecified atom stereocenters. The molecule has 140 valence electrons. The van der Waals surface area contributed by atoms with Gasteiger partial charge in [-0.1, -0.05) is 6.07 Å². The number of ether oxygens (including phenoxy) is 1. The van der Waals surface area contributed by atoms with Crippen molar-refractivity contribution in [2.45, 2.75) is 6.92 Å². The van der Waals surface area contributed by atoms with Gasteiger partial charge < -0.3 is 14.5 Å². The summed E-state index contributed by atoms with van der Waals surface area (Å²) in [6.07, 6.45) is 1.58. The largest absolute Gasteiger partial charge is 0.497 e. The minimum atomic E-state index is 0.0257. The molecule has 0 radical (unpaired) electrons. The molecular formula is C19H22N6O2. The zero-order valence-corrected chi connectivity index (χ0v) is 15.7. The van der Waals surface area contributed by atoms with Gasteiger partial charge in [0.25, 0.3) is 5.91 Å². The van der Waals surface area contributed by atoms with Crippen LogP contribution in [0.4, 0.5) is 5.82 Å². The molecule has 1 aromatic carbocycles. The van der Waals surface area contributed by atoms with E-state index >= 15 is 0 Å². The molecule has 1 fully saturated rings. The highest BCUT2D eigenvalue weighted by Crippen LogP contribution is 2.25. The first kappa shape index (κ1) is 17.3. The number of carbonyl (C=O) groups excluding carboxylic acids is 1. The van der Waals surface area contributed by atoms with E-state index in [2.05, 4.69) is 20.0 Å². The van der Waals surface area contributed by atoms with Crippen molar-refractivity contribution < 1.29 is 9.53 Å². The van der Waals surface area contributed by atoms with Crippen molar-refractivity contribution in [3.63, 3.8) is 0 Å². The second-order valence-corrected chi connectivity index (χ2v) is 6.61. The smallest absolute Gasteiger partial charge is 0.254 e. The van der Waals surface area contributed by atoms with E-state index in [0.29, 0.717) is 37.5 Å². The molecule has 8 nitrogen and oxygen atoms in total. The van der Waals surface area contributed by atoms with Gasteiger partial charge in [-0.15, -0.1) is 0 Å². The van der Waals surface area contributed by atoms with Crippen molar-refractivity contribution >= 4 is 22.8 Å². The van der Waals surface area contributed by atoms with Crippen molar-refractivity contribution in [3.05, 3.63) is 41.9 Å². The molecule has 1 amide bonds. The SMILES string of the molecule is COc1cccc(C(=O)N2CCN(c3ncnc4c(C)nn(C)c34)CC2)c1. The predicted octanol–water partition coefficient (Wildman–Crippen LogP) is 1.64. The molecule has 0 aliphatic carbocycles. The van der Waals surface area contributed by atoms with Crippen LogP contribution < -0.4 is 9.64 Å². The Hall–Kier alpha value is -3.16. The van der Waals surface area contributed by atoms with Crippen LogP contribution in [0.2, 0.25) is 0 Å². The van der Waals surface area contributed by atoms with Gasteiger partial charge in [-0.05, 0) is 25.1 Å². The van der Waals surface area contributed by atoms with Crippen LogP contribution in [0, 0.1) is 6.92 Å². The lowest BCUT2D eigenvalue weighted by molar-refractivity contribution is 0.0746. The Labute approximate surface area is 157 Å². The number of hydrogen-bond acceptors (Lipinski definition) is 6. The summed E-state index contributed by atoms with van der Waals surface area (Å²) in [7, 11) is 3.51. The Kier molecular flexibility index (Phi) is 4.39. The average molecular weight is 366 g/mol. The predicted molar refractivity (Wildman–Crippen MR) is 102 cm³/mol. The Morgan fingerprint density at radius 3 is 2.67 bits per heavy atom. The number of carbonyl (C=O) groups is 1. The zero-order valence-electron chi connectivity index (χ0n) is 15.7. The molecule has 3 aromatic rings. The number of anilines is 1. The van der Waals surface area contributed by atoms with Crippen molar-refractivity contribution in [3.8, 4) is 5.75 Å². The van der Waals surface area contributed by atoms with Gasteiger partial charge in [0.05, 0.1) is 12.8 Å². The highest BCUT2D eigenvalue weighted by molar-refractivity contribution is 5.95. The maximum Gasteiger partial charge on any atom is 0.254 e. The highest BCUT2D eigenvalue weighted by Gasteiger charge is 2.25. The van der Waals surface area contributed by atoms with Crippen LogP contribution in [-0.4, -0.2) is 63.8 Å². The fourth-order valence-electron chi connectivity index (χ4n) is 3.55. The fraction of sp³-hybridized carbons (Fsp3) is 0.368. The standard InChI is InChI=1S/C19H22N6O2/c1-13-16-17(23(2)22-13)18(21-12-20-16)24-7-9-25(10-8-24)19(26)14-5-4-6-15(11-14)27-3/h4-6,11-12H,7-10H2,1-3H3. The summed E-state index contributed by atoms with van der Waals surface area (Å²) < 4.78 is 7.05. The summed E-state index contributed by atoms with van der Waals surface area (Å²) in [5, 5.41) is 4.46. The number of aromatic nitrogens is 4. The Balaban J connectivity index is 1.52. The Morgan fingerprint density at radius 1 is 1.15 bits per heavy atom. The lowest BCUT2D eigenvalue weighted by Crippen LogP contribution is -2.49. The third-order valence-corrected chi connectivity index (χ3v) is 4.95. The van der Waals surface area contributed by atoms with Crippen molar-refractivity contribution in [2.75, 3.05) is 38.2 Å². The van der Waals surface area contributed by atoms with E-state index < -0.39 is 0 Å². The van der Waals surface area contributed by atoms with Gasteiger partial charge >= 0.3 is 0 Å². The van der Waals surface area contributed by atoms with Crippen molar-refractivity contribution in [1.82, 2.24) is 24.6 Å². The van der Waals surface area contributed by atoms with Crippen LogP contribution in [-0.2, 0) is 7.05 Å².